The highest BCUT2D eigenvalue weighted by atomic mass is 28.4. The van der Waals surface area contributed by atoms with E-state index in [0.29, 0.717) is 38.9 Å². The van der Waals surface area contributed by atoms with Gasteiger partial charge in [-0.2, -0.15) is 0 Å². The molecule has 0 aliphatic carbocycles. The van der Waals surface area contributed by atoms with E-state index in [9.17, 15) is 4.79 Å². The van der Waals surface area contributed by atoms with Crippen LogP contribution >= 0.6 is 0 Å². The van der Waals surface area contributed by atoms with Crippen LogP contribution in [-0.4, -0.2) is 41.2 Å². The van der Waals surface area contributed by atoms with E-state index in [2.05, 4.69) is 20.8 Å². The molecule has 5 nitrogen and oxygen atoms in total. The Balaban J connectivity index is 4.47. The molecule has 0 fully saturated rings. The molecule has 0 rings (SSSR count). The van der Waals surface area contributed by atoms with Crippen molar-refractivity contribution in [2.24, 2.45) is 0 Å². The lowest BCUT2D eigenvalue weighted by molar-refractivity contribution is -0.137. The van der Waals surface area contributed by atoms with Gasteiger partial charge < -0.3 is 18.0 Å². The second-order valence-corrected chi connectivity index (χ2v) is 7.73. The molecule has 0 aliphatic rings. The maximum Gasteiger partial charge on any atom is 0.501 e. The fourth-order valence-electron chi connectivity index (χ4n) is 1.76. The van der Waals surface area contributed by atoms with E-state index in [1.54, 1.807) is 13.0 Å². The van der Waals surface area contributed by atoms with E-state index in [-0.39, 0.29) is 5.97 Å². The van der Waals surface area contributed by atoms with Crippen LogP contribution in [0.15, 0.2) is 12.2 Å². The molecule has 0 aromatic carbocycles. The predicted molar refractivity (Wildman–Crippen MR) is 89.7 cm³/mol. The van der Waals surface area contributed by atoms with Gasteiger partial charge in [0, 0.05) is 31.9 Å². The molecule has 0 saturated heterocycles. The predicted octanol–water partition coefficient (Wildman–Crippen LogP) is 3.71. The van der Waals surface area contributed by atoms with Gasteiger partial charge in [0.15, 0.2) is 0 Å². The van der Waals surface area contributed by atoms with E-state index >= 15 is 0 Å². The number of hydrogen-bond donors (Lipinski definition) is 0. The van der Waals surface area contributed by atoms with Crippen LogP contribution < -0.4 is 0 Å². The zero-order valence-corrected chi connectivity index (χ0v) is 15.6. The zero-order valence-electron chi connectivity index (χ0n) is 14.6. The molecule has 0 spiro atoms. The summed E-state index contributed by atoms with van der Waals surface area (Å²) in [5, 5.41) is 0. The fraction of sp³-hybridized carbons (Fsp3) is 0.812. The van der Waals surface area contributed by atoms with Gasteiger partial charge in [0.05, 0.1) is 6.61 Å². The first-order valence-electron chi connectivity index (χ1n) is 8.35. The number of hydrogen-bond acceptors (Lipinski definition) is 5. The molecule has 0 aromatic heterocycles. The monoisotopic (exact) mass is 332 g/mol. The average molecular weight is 333 g/mol. The Labute approximate surface area is 136 Å². The van der Waals surface area contributed by atoms with Crippen molar-refractivity contribution in [2.75, 3.05) is 26.4 Å². The molecule has 0 aliphatic heterocycles. The van der Waals surface area contributed by atoms with Crippen LogP contribution in [-0.2, 0) is 22.8 Å². The summed E-state index contributed by atoms with van der Waals surface area (Å²) in [6, 6.07) is 0.677. The molecule has 0 bridgehead atoms. The Hall–Kier alpha value is -0.693. The standard InChI is InChI=1S/C16H32O5Si/c1-5-10-16(17)18-14-9-15-22(19-11-6-2,20-12-7-3)21-13-8-4/h5,10H,6-9,11-15H2,1-4H3. The van der Waals surface area contributed by atoms with Gasteiger partial charge >= 0.3 is 14.8 Å². The van der Waals surface area contributed by atoms with Crippen molar-refractivity contribution in [3.63, 3.8) is 0 Å². The van der Waals surface area contributed by atoms with Crippen LogP contribution in [0.25, 0.3) is 0 Å². The number of ether oxygens (including phenoxy) is 1. The van der Waals surface area contributed by atoms with E-state index in [1.165, 1.54) is 6.08 Å². The highest BCUT2D eigenvalue weighted by Gasteiger charge is 2.40. The van der Waals surface area contributed by atoms with Gasteiger partial charge in [-0.25, -0.2) is 4.79 Å². The van der Waals surface area contributed by atoms with Gasteiger partial charge in [0.1, 0.15) is 0 Å². The molecule has 0 radical (unpaired) electrons. The zero-order chi connectivity index (χ0) is 16.7. The number of carbonyl (C=O) groups is 1. The summed E-state index contributed by atoms with van der Waals surface area (Å²) in [4.78, 5) is 11.3. The van der Waals surface area contributed by atoms with Crippen molar-refractivity contribution in [2.45, 2.75) is 59.4 Å². The molecular weight excluding hydrogens is 300 g/mol. The summed E-state index contributed by atoms with van der Waals surface area (Å²) in [6.07, 6.45) is 6.55. The minimum absolute atomic E-state index is 0.312. The smallest absolute Gasteiger partial charge is 0.463 e. The van der Waals surface area contributed by atoms with Crippen LogP contribution in [0.2, 0.25) is 6.04 Å². The first kappa shape index (κ1) is 21.3. The second-order valence-electron chi connectivity index (χ2n) is 5.00. The molecule has 0 aromatic rings. The second kappa shape index (κ2) is 13.9. The minimum atomic E-state index is -2.66. The third-order valence-electron chi connectivity index (χ3n) is 2.75. The Bertz CT molecular complexity index is 285. The van der Waals surface area contributed by atoms with Crippen LogP contribution in [0, 0.1) is 0 Å². The average Bonchev–Trinajstić information content (AvgIpc) is 2.52. The Morgan fingerprint density at radius 2 is 1.41 bits per heavy atom. The van der Waals surface area contributed by atoms with Gasteiger partial charge in [-0.3, -0.25) is 0 Å². The van der Waals surface area contributed by atoms with Crippen molar-refractivity contribution >= 4 is 14.8 Å². The molecule has 0 atom stereocenters. The first-order valence-corrected chi connectivity index (χ1v) is 10.3. The first-order chi connectivity index (χ1) is 10.6. The molecule has 0 amide bonds. The van der Waals surface area contributed by atoms with Crippen molar-refractivity contribution in [3.8, 4) is 0 Å². The van der Waals surface area contributed by atoms with E-state index in [0.717, 1.165) is 19.3 Å². The summed E-state index contributed by atoms with van der Waals surface area (Å²) in [5.41, 5.74) is 0. The highest BCUT2D eigenvalue weighted by Crippen LogP contribution is 2.19. The molecule has 0 unspecified atom stereocenters. The van der Waals surface area contributed by atoms with Crippen molar-refractivity contribution in [1.82, 2.24) is 0 Å². The highest BCUT2D eigenvalue weighted by molar-refractivity contribution is 6.60. The van der Waals surface area contributed by atoms with Crippen LogP contribution in [0.5, 0.6) is 0 Å². The summed E-state index contributed by atoms with van der Waals surface area (Å²) in [7, 11) is -2.66. The van der Waals surface area contributed by atoms with Crippen molar-refractivity contribution in [1.29, 1.82) is 0 Å². The molecule has 130 valence electrons. The van der Waals surface area contributed by atoms with Gasteiger partial charge in [-0.05, 0) is 32.6 Å². The van der Waals surface area contributed by atoms with E-state index in [1.807, 2.05) is 0 Å². The maximum absolute atomic E-state index is 11.3. The third kappa shape index (κ3) is 10.1. The van der Waals surface area contributed by atoms with Crippen molar-refractivity contribution in [3.05, 3.63) is 12.2 Å². The Morgan fingerprint density at radius 3 is 1.82 bits per heavy atom. The number of esters is 1. The molecule has 0 N–H and O–H groups in total. The van der Waals surface area contributed by atoms with E-state index < -0.39 is 8.80 Å². The van der Waals surface area contributed by atoms with Crippen LogP contribution in [0.3, 0.4) is 0 Å². The van der Waals surface area contributed by atoms with Gasteiger partial charge in [0.25, 0.3) is 0 Å². The number of allylic oxidation sites excluding steroid dienone is 1. The quantitative estimate of drug-likeness (QED) is 0.210. The molecule has 22 heavy (non-hydrogen) atoms. The molecule has 0 heterocycles. The fourth-order valence-corrected chi connectivity index (χ4v) is 4.57. The number of carbonyl (C=O) groups excluding carboxylic acids is 1. The van der Waals surface area contributed by atoms with Crippen LogP contribution in [0.1, 0.15) is 53.4 Å². The number of rotatable bonds is 14. The normalized spacial score (nSPS) is 12.0. The van der Waals surface area contributed by atoms with Gasteiger partial charge in [-0.15, -0.1) is 0 Å². The largest absolute Gasteiger partial charge is 0.501 e. The lowest BCUT2D eigenvalue weighted by Crippen LogP contribution is -2.46. The van der Waals surface area contributed by atoms with Crippen molar-refractivity contribution < 1.29 is 22.8 Å². The summed E-state index contributed by atoms with van der Waals surface area (Å²) in [6.45, 7) is 10.3. The Kier molecular flexibility index (Phi) is 13.5. The summed E-state index contributed by atoms with van der Waals surface area (Å²) >= 11 is 0. The van der Waals surface area contributed by atoms with Gasteiger partial charge in [0.2, 0.25) is 0 Å². The van der Waals surface area contributed by atoms with E-state index in [4.69, 9.17) is 18.0 Å². The molecule has 6 heteroatoms. The van der Waals surface area contributed by atoms with Gasteiger partial charge in [-0.1, -0.05) is 26.8 Å². The molecule has 0 saturated carbocycles. The maximum atomic E-state index is 11.3. The lowest BCUT2D eigenvalue weighted by Gasteiger charge is -2.29. The lowest BCUT2D eigenvalue weighted by atomic mass is 10.5. The topological polar surface area (TPSA) is 54.0 Å². The SMILES string of the molecule is CC=CC(=O)OCCC[Si](OCCC)(OCCC)OCCC. The summed E-state index contributed by atoms with van der Waals surface area (Å²) < 4.78 is 23.1. The Morgan fingerprint density at radius 1 is 0.909 bits per heavy atom. The minimum Gasteiger partial charge on any atom is -0.463 e. The third-order valence-corrected chi connectivity index (χ3v) is 5.65. The molecular formula is C16H32O5Si. The van der Waals surface area contributed by atoms with Crippen LogP contribution in [0.4, 0.5) is 0 Å². The summed E-state index contributed by atoms with van der Waals surface area (Å²) in [5.74, 6) is -0.312.